The largest absolute Gasteiger partial charge is 0.356 e. The van der Waals surface area contributed by atoms with Crippen molar-refractivity contribution in [1.82, 2.24) is 10.5 Å². The molecule has 1 atom stereocenters. The topological polar surface area (TPSA) is 59.6 Å². The summed E-state index contributed by atoms with van der Waals surface area (Å²) in [6, 6.07) is 11.8. The maximum atomic E-state index is 11.9. The van der Waals surface area contributed by atoms with Crippen LogP contribution in [0.3, 0.4) is 0 Å². The average molecular weight is 302 g/mol. The first kappa shape index (κ1) is 16.2. The van der Waals surface area contributed by atoms with Gasteiger partial charge in [-0.2, -0.15) is 0 Å². The molecule has 5 heteroatoms. The van der Waals surface area contributed by atoms with Gasteiger partial charge in [0.2, 0.25) is 0 Å². The van der Waals surface area contributed by atoms with E-state index < -0.39 is 0 Å². The molecular formula is C17H24N3O2+. The van der Waals surface area contributed by atoms with Gasteiger partial charge in [0.1, 0.15) is 12.2 Å². The highest BCUT2D eigenvalue weighted by molar-refractivity contribution is 5.77. The predicted octanol–water partition coefficient (Wildman–Crippen LogP) is 1.27. The van der Waals surface area contributed by atoms with Crippen molar-refractivity contribution in [3.05, 3.63) is 42.1 Å². The molecule has 0 aliphatic heterocycles. The second kappa shape index (κ2) is 6.75. The summed E-state index contributed by atoms with van der Waals surface area (Å²) in [5.74, 6) is 0.791. The van der Waals surface area contributed by atoms with Crippen molar-refractivity contribution < 1.29 is 14.2 Å². The lowest BCUT2D eigenvalue weighted by atomic mass is 10.1. The van der Waals surface area contributed by atoms with Gasteiger partial charge in [-0.25, -0.2) is 0 Å². The van der Waals surface area contributed by atoms with Crippen molar-refractivity contribution in [2.24, 2.45) is 0 Å². The minimum absolute atomic E-state index is 0.0387. The third kappa shape index (κ3) is 5.00. The molecule has 0 aliphatic carbocycles. The highest BCUT2D eigenvalue weighted by Crippen LogP contribution is 2.19. The van der Waals surface area contributed by atoms with Gasteiger partial charge < -0.3 is 14.7 Å². The Labute approximate surface area is 131 Å². The number of likely N-dealkylation sites (N-methyl/N-ethyl adjacent to an activating group) is 1. The first-order chi connectivity index (χ1) is 10.3. The smallest absolute Gasteiger partial charge is 0.275 e. The Morgan fingerprint density at radius 1 is 1.27 bits per heavy atom. The van der Waals surface area contributed by atoms with Crippen LogP contribution in [0.4, 0.5) is 0 Å². The van der Waals surface area contributed by atoms with E-state index >= 15 is 0 Å². The Bertz CT molecular complexity index is 614. The molecule has 1 amide bonds. The molecule has 0 saturated heterocycles. The standard InChI is InChI=1S/C17H23N3O2/c1-17(2,3)18-16(21)12-20(4)11-14-10-15(22-19-14)13-8-6-5-7-9-13/h5-10H,11-12H2,1-4H3,(H,18,21)/p+1. The zero-order valence-electron chi connectivity index (χ0n) is 13.6. The zero-order valence-corrected chi connectivity index (χ0v) is 13.6. The van der Waals surface area contributed by atoms with Gasteiger partial charge in [0.15, 0.2) is 12.3 Å². The van der Waals surface area contributed by atoms with Crippen LogP contribution in [0.5, 0.6) is 0 Å². The summed E-state index contributed by atoms with van der Waals surface area (Å²) in [7, 11) is 1.97. The summed E-state index contributed by atoms with van der Waals surface area (Å²) < 4.78 is 5.37. The molecule has 1 aromatic heterocycles. The lowest BCUT2D eigenvalue weighted by Crippen LogP contribution is -3.09. The summed E-state index contributed by atoms with van der Waals surface area (Å²) in [4.78, 5) is 13.0. The van der Waals surface area contributed by atoms with Crippen LogP contribution in [0, 0.1) is 0 Å². The first-order valence-electron chi connectivity index (χ1n) is 7.47. The van der Waals surface area contributed by atoms with Crippen molar-refractivity contribution in [3.8, 4) is 11.3 Å². The van der Waals surface area contributed by atoms with Crippen LogP contribution in [0.1, 0.15) is 26.5 Å². The molecule has 0 aliphatic rings. The third-order valence-electron chi connectivity index (χ3n) is 3.08. The van der Waals surface area contributed by atoms with E-state index in [0.29, 0.717) is 13.1 Å². The Hall–Kier alpha value is -2.14. The molecule has 118 valence electrons. The van der Waals surface area contributed by atoms with E-state index in [4.69, 9.17) is 4.52 Å². The molecule has 2 rings (SSSR count). The van der Waals surface area contributed by atoms with Crippen LogP contribution in [0.25, 0.3) is 11.3 Å². The van der Waals surface area contributed by atoms with E-state index in [2.05, 4.69) is 10.5 Å². The highest BCUT2D eigenvalue weighted by Gasteiger charge is 2.18. The van der Waals surface area contributed by atoms with Gasteiger partial charge >= 0.3 is 0 Å². The van der Waals surface area contributed by atoms with E-state index in [1.165, 1.54) is 0 Å². The number of quaternary nitrogens is 1. The second-order valence-electron chi connectivity index (χ2n) is 6.66. The first-order valence-corrected chi connectivity index (χ1v) is 7.47. The minimum Gasteiger partial charge on any atom is -0.356 e. The summed E-state index contributed by atoms with van der Waals surface area (Å²) in [6.07, 6.45) is 0. The maximum absolute atomic E-state index is 11.9. The number of carbonyl (C=O) groups excluding carboxylic acids is 1. The monoisotopic (exact) mass is 302 g/mol. The van der Waals surface area contributed by atoms with Crippen molar-refractivity contribution in [2.75, 3.05) is 13.6 Å². The van der Waals surface area contributed by atoms with E-state index in [9.17, 15) is 4.79 Å². The molecule has 0 spiro atoms. The molecule has 1 unspecified atom stereocenters. The number of benzene rings is 1. The van der Waals surface area contributed by atoms with Gasteiger partial charge in [0.25, 0.3) is 5.91 Å². The maximum Gasteiger partial charge on any atom is 0.275 e. The molecule has 2 aromatic rings. The number of aromatic nitrogens is 1. The molecule has 1 aromatic carbocycles. The summed E-state index contributed by atoms with van der Waals surface area (Å²) >= 11 is 0. The molecule has 1 heterocycles. The van der Waals surface area contributed by atoms with Crippen LogP contribution in [-0.2, 0) is 11.3 Å². The Balaban J connectivity index is 1.91. The number of hydrogen-bond donors (Lipinski definition) is 2. The van der Waals surface area contributed by atoms with Gasteiger partial charge in [-0.15, -0.1) is 0 Å². The molecule has 5 nitrogen and oxygen atoms in total. The minimum atomic E-state index is -0.203. The van der Waals surface area contributed by atoms with Crippen LogP contribution < -0.4 is 10.2 Å². The highest BCUT2D eigenvalue weighted by atomic mass is 16.5. The van der Waals surface area contributed by atoms with E-state index in [1.807, 2.05) is 64.2 Å². The van der Waals surface area contributed by atoms with Crippen molar-refractivity contribution in [1.29, 1.82) is 0 Å². The van der Waals surface area contributed by atoms with Crippen LogP contribution in [0.15, 0.2) is 40.9 Å². The Kier molecular flexibility index (Phi) is 4.98. The summed E-state index contributed by atoms with van der Waals surface area (Å²) in [5, 5.41) is 7.05. The van der Waals surface area contributed by atoms with E-state index in [0.717, 1.165) is 21.9 Å². The van der Waals surface area contributed by atoms with E-state index in [1.54, 1.807) is 0 Å². The number of nitrogens with one attached hydrogen (secondary N) is 2. The summed E-state index contributed by atoms with van der Waals surface area (Å²) in [6.45, 7) is 6.98. The second-order valence-corrected chi connectivity index (χ2v) is 6.66. The van der Waals surface area contributed by atoms with Gasteiger partial charge in [0, 0.05) is 17.2 Å². The Morgan fingerprint density at radius 3 is 2.59 bits per heavy atom. The van der Waals surface area contributed by atoms with Crippen LogP contribution >= 0.6 is 0 Å². The molecule has 0 radical (unpaired) electrons. The van der Waals surface area contributed by atoms with Crippen LogP contribution in [-0.4, -0.2) is 30.2 Å². The number of amides is 1. The van der Waals surface area contributed by atoms with Gasteiger partial charge in [-0.05, 0) is 20.8 Å². The number of rotatable bonds is 5. The fourth-order valence-corrected chi connectivity index (χ4v) is 2.24. The van der Waals surface area contributed by atoms with Crippen molar-refractivity contribution in [2.45, 2.75) is 32.9 Å². The number of nitrogens with zero attached hydrogens (tertiary/aromatic N) is 1. The molecule has 0 saturated carbocycles. The lowest BCUT2D eigenvalue weighted by Gasteiger charge is -2.21. The lowest BCUT2D eigenvalue weighted by molar-refractivity contribution is -0.885. The quantitative estimate of drug-likeness (QED) is 0.874. The fraction of sp³-hybridized carbons (Fsp3) is 0.412. The van der Waals surface area contributed by atoms with E-state index in [-0.39, 0.29) is 11.4 Å². The van der Waals surface area contributed by atoms with Crippen molar-refractivity contribution >= 4 is 5.91 Å². The summed E-state index contributed by atoms with van der Waals surface area (Å²) in [5.41, 5.74) is 1.65. The third-order valence-corrected chi connectivity index (χ3v) is 3.08. The Morgan fingerprint density at radius 2 is 1.95 bits per heavy atom. The normalized spacial score (nSPS) is 12.9. The SMILES string of the molecule is C[NH+](CC(=O)NC(C)(C)C)Cc1cc(-c2ccccc2)on1. The van der Waals surface area contributed by atoms with Crippen LogP contribution in [0.2, 0.25) is 0 Å². The molecule has 0 fully saturated rings. The van der Waals surface area contributed by atoms with Gasteiger partial charge in [-0.1, -0.05) is 35.5 Å². The zero-order chi connectivity index (χ0) is 16.2. The molecule has 0 bridgehead atoms. The molecule has 2 N–H and O–H groups in total. The number of carbonyl (C=O) groups is 1. The van der Waals surface area contributed by atoms with Gasteiger partial charge in [-0.3, -0.25) is 4.79 Å². The van der Waals surface area contributed by atoms with Crippen molar-refractivity contribution in [3.63, 3.8) is 0 Å². The fourth-order valence-electron chi connectivity index (χ4n) is 2.24. The number of hydrogen-bond acceptors (Lipinski definition) is 3. The van der Waals surface area contributed by atoms with Gasteiger partial charge in [0.05, 0.1) is 7.05 Å². The molecular weight excluding hydrogens is 278 g/mol. The molecule has 22 heavy (non-hydrogen) atoms. The predicted molar refractivity (Wildman–Crippen MR) is 85.3 cm³/mol. The average Bonchev–Trinajstić information content (AvgIpc) is 2.85.